The van der Waals surface area contributed by atoms with Crippen molar-refractivity contribution in [3.8, 4) is 23.2 Å². The molecule has 0 bridgehead atoms. The van der Waals surface area contributed by atoms with Crippen LogP contribution in [0.1, 0.15) is 31.3 Å². The number of nitrogens with zero attached hydrogens (tertiary/aromatic N) is 4. The van der Waals surface area contributed by atoms with Gasteiger partial charge in [-0.25, -0.2) is 0 Å². The number of pyridine rings is 1. The molecule has 8 heteroatoms. The molecule has 0 aliphatic heterocycles. The number of hydrogen-bond donors (Lipinski definition) is 1. The Morgan fingerprint density at radius 2 is 1.97 bits per heavy atom. The lowest BCUT2D eigenvalue weighted by Gasteiger charge is -2.17. The molecule has 1 aromatic carbocycles. The molecule has 0 saturated heterocycles. The number of carbonyl (C=O) groups excluding carboxylic acids is 1. The quantitative estimate of drug-likeness (QED) is 0.572. The molecule has 0 fully saturated rings. The number of carbonyl (C=O) groups is 1. The van der Waals surface area contributed by atoms with Crippen molar-refractivity contribution < 1.29 is 14.1 Å². The Kier molecular flexibility index (Phi) is 6.90. The summed E-state index contributed by atoms with van der Waals surface area (Å²) in [6, 6.07) is 12.2. The smallest absolute Gasteiger partial charge is 0.249 e. The van der Waals surface area contributed by atoms with Gasteiger partial charge >= 0.3 is 0 Å². The largest absolute Gasteiger partial charge is 0.479 e. The molecule has 3 rings (SSSR count). The third-order valence-electron chi connectivity index (χ3n) is 4.22. The predicted molar refractivity (Wildman–Crippen MR) is 110 cm³/mol. The SMILES string of the molecule is CC(C)C(NC(=O)/C=C/c1ccc(OCC#N)cc1)c1nc(-c2ccncc2)no1. The molecule has 8 nitrogen and oxygen atoms in total. The summed E-state index contributed by atoms with van der Waals surface area (Å²) >= 11 is 0. The lowest BCUT2D eigenvalue weighted by atomic mass is 10.0. The monoisotopic (exact) mass is 403 g/mol. The van der Waals surface area contributed by atoms with E-state index in [1.807, 2.05) is 19.9 Å². The molecule has 1 N–H and O–H groups in total. The number of nitriles is 1. The molecule has 1 atom stereocenters. The summed E-state index contributed by atoms with van der Waals surface area (Å²) in [4.78, 5) is 20.8. The van der Waals surface area contributed by atoms with Crippen LogP contribution in [-0.2, 0) is 4.79 Å². The van der Waals surface area contributed by atoms with E-state index in [1.165, 1.54) is 6.08 Å². The van der Waals surface area contributed by atoms with E-state index in [9.17, 15) is 4.79 Å². The maximum Gasteiger partial charge on any atom is 0.249 e. The molecule has 0 aliphatic rings. The summed E-state index contributed by atoms with van der Waals surface area (Å²) in [6.45, 7) is 3.92. The minimum atomic E-state index is -0.424. The Morgan fingerprint density at radius 1 is 1.23 bits per heavy atom. The van der Waals surface area contributed by atoms with Crippen molar-refractivity contribution in [1.82, 2.24) is 20.4 Å². The van der Waals surface area contributed by atoms with E-state index in [2.05, 4.69) is 20.4 Å². The predicted octanol–water partition coefficient (Wildman–Crippen LogP) is 3.56. The molecule has 2 aromatic heterocycles. The molecular formula is C22H21N5O3. The third-order valence-corrected chi connectivity index (χ3v) is 4.22. The zero-order chi connectivity index (χ0) is 21.3. The molecule has 3 aromatic rings. The average Bonchev–Trinajstić information content (AvgIpc) is 3.25. The van der Waals surface area contributed by atoms with Crippen LogP contribution in [0.4, 0.5) is 0 Å². The van der Waals surface area contributed by atoms with E-state index in [1.54, 1.807) is 54.9 Å². The summed E-state index contributed by atoms with van der Waals surface area (Å²) in [5.74, 6) is 1.16. The molecule has 0 saturated carbocycles. The van der Waals surface area contributed by atoms with Crippen LogP contribution in [-0.4, -0.2) is 27.6 Å². The maximum atomic E-state index is 12.4. The highest BCUT2D eigenvalue weighted by Gasteiger charge is 2.24. The fraction of sp³-hybridized carbons (Fsp3) is 0.227. The van der Waals surface area contributed by atoms with Gasteiger partial charge in [0.1, 0.15) is 17.9 Å². The van der Waals surface area contributed by atoms with Gasteiger partial charge in [-0.2, -0.15) is 10.2 Å². The van der Waals surface area contributed by atoms with Crippen molar-refractivity contribution >= 4 is 12.0 Å². The fourth-order valence-corrected chi connectivity index (χ4v) is 2.66. The molecule has 152 valence electrons. The lowest BCUT2D eigenvalue weighted by Crippen LogP contribution is -2.30. The van der Waals surface area contributed by atoms with Crippen LogP contribution in [0.5, 0.6) is 5.75 Å². The van der Waals surface area contributed by atoms with Crippen LogP contribution >= 0.6 is 0 Å². The van der Waals surface area contributed by atoms with E-state index >= 15 is 0 Å². The van der Waals surface area contributed by atoms with E-state index in [-0.39, 0.29) is 18.4 Å². The first-order chi connectivity index (χ1) is 14.6. The van der Waals surface area contributed by atoms with Gasteiger partial charge in [-0.05, 0) is 41.8 Å². The Balaban J connectivity index is 1.65. The van der Waals surface area contributed by atoms with Gasteiger partial charge < -0.3 is 14.6 Å². The Labute approximate surface area is 174 Å². The normalized spacial score (nSPS) is 11.9. The van der Waals surface area contributed by atoms with Gasteiger partial charge in [0.2, 0.25) is 17.6 Å². The second-order valence-corrected chi connectivity index (χ2v) is 6.77. The number of aromatic nitrogens is 3. The number of benzene rings is 1. The van der Waals surface area contributed by atoms with Crippen LogP contribution in [0.25, 0.3) is 17.5 Å². The summed E-state index contributed by atoms with van der Waals surface area (Å²) in [5.41, 5.74) is 1.62. The average molecular weight is 403 g/mol. The van der Waals surface area contributed by atoms with Gasteiger partial charge in [0, 0.05) is 24.0 Å². The molecule has 1 amide bonds. The number of nitrogens with one attached hydrogen (secondary N) is 1. The van der Waals surface area contributed by atoms with Gasteiger partial charge in [-0.15, -0.1) is 0 Å². The third kappa shape index (κ3) is 5.52. The van der Waals surface area contributed by atoms with Crippen molar-refractivity contribution in [2.75, 3.05) is 6.61 Å². The van der Waals surface area contributed by atoms with Gasteiger partial charge in [-0.1, -0.05) is 31.1 Å². The summed E-state index contributed by atoms with van der Waals surface area (Å²) in [6.07, 6.45) is 6.44. The Bertz CT molecular complexity index is 1040. The second kappa shape index (κ2) is 9.98. The molecule has 0 spiro atoms. The van der Waals surface area contributed by atoms with Crippen molar-refractivity contribution in [3.05, 3.63) is 66.3 Å². The molecule has 0 aliphatic carbocycles. The Morgan fingerprint density at radius 3 is 2.63 bits per heavy atom. The summed E-state index contributed by atoms with van der Waals surface area (Å²) in [7, 11) is 0. The van der Waals surface area contributed by atoms with Gasteiger partial charge in [0.05, 0.1) is 0 Å². The number of rotatable bonds is 8. The minimum absolute atomic E-state index is 0.00721. The maximum absolute atomic E-state index is 12.4. The zero-order valence-corrected chi connectivity index (χ0v) is 16.6. The first kappa shape index (κ1) is 20.7. The van der Waals surface area contributed by atoms with Gasteiger partial charge in [0.15, 0.2) is 6.61 Å². The van der Waals surface area contributed by atoms with Crippen molar-refractivity contribution in [2.45, 2.75) is 19.9 Å². The zero-order valence-electron chi connectivity index (χ0n) is 16.6. The topological polar surface area (TPSA) is 114 Å². The molecule has 1 unspecified atom stereocenters. The van der Waals surface area contributed by atoms with E-state index < -0.39 is 6.04 Å². The highest BCUT2D eigenvalue weighted by molar-refractivity contribution is 5.91. The molecule has 0 radical (unpaired) electrons. The van der Waals surface area contributed by atoms with Crippen LogP contribution in [0.3, 0.4) is 0 Å². The first-order valence-electron chi connectivity index (χ1n) is 9.39. The first-order valence-corrected chi connectivity index (χ1v) is 9.39. The Hall–Kier alpha value is -3.99. The van der Waals surface area contributed by atoms with E-state index in [4.69, 9.17) is 14.5 Å². The fourth-order valence-electron chi connectivity index (χ4n) is 2.66. The van der Waals surface area contributed by atoms with E-state index in [0.29, 0.717) is 17.5 Å². The standard InChI is InChI=1S/C22H21N5O3/c1-15(2)20(22-26-21(27-30-22)17-9-12-24-13-10-17)25-19(28)8-5-16-3-6-18(7-4-16)29-14-11-23/h3-10,12-13,15,20H,14H2,1-2H3,(H,25,28)/b8-5+. The van der Waals surface area contributed by atoms with Crippen molar-refractivity contribution in [3.63, 3.8) is 0 Å². The van der Waals surface area contributed by atoms with Crippen molar-refractivity contribution in [1.29, 1.82) is 5.26 Å². The van der Waals surface area contributed by atoms with E-state index in [0.717, 1.165) is 11.1 Å². The van der Waals surface area contributed by atoms with Gasteiger partial charge in [0.25, 0.3) is 0 Å². The second-order valence-electron chi connectivity index (χ2n) is 6.77. The highest BCUT2D eigenvalue weighted by Crippen LogP contribution is 2.23. The summed E-state index contributed by atoms with van der Waals surface area (Å²) < 4.78 is 10.6. The van der Waals surface area contributed by atoms with Crippen LogP contribution in [0.2, 0.25) is 0 Å². The molecule has 30 heavy (non-hydrogen) atoms. The van der Waals surface area contributed by atoms with Gasteiger partial charge in [-0.3, -0.25) is 9.78 Å². The number of hydrogen-bond acceptors (Lipinski definition) is 7. The number of ether oxygens (including phenoxy) is 1. The number of amides is 1. The van der Waals surface area contributed by atoms with Crippen molar-refractivity contribution in [2.24, 2.45) is 5.92 Å². The molecule has 2 heterocycles. The molecular weight excluding hydrogens is 382 g/mol. The van der Waals surface area contributed by atoms with Crippen LogP contribution < -0.4 is 10.1 Å². The van der Waals surface area contributed by atoms with Crippen LogP contribution in [0.15, 0.2) is 59.4 Å². The summed E-state index contributed by atoms with van der Waals surface area (Å²) in [5, 5.41) is 15.4. The van der Waals surface area contributed by atoms with Crippen LogP contribution in [0, 0.1) is 17.2 Å². The minimum Gasteiger partial charge on any atom is -0.479 e. The lowest BCUT2D eigenvalue weighted by molar-refractivity contribution is -0.117. The highest BCUT2D eigenvalue weighted by atomic mass is 16.5.